The molecule has 1 N–H and O–H groups in total. The number of alkyl halides is 1. The summed E-state index contributed by atoms with van der Waals surface area (Å²) < 4.78 is 70.2. The van der Waals surface area contributed by atoms with Crippen LogP contribution in [0.15, 0.2) is 36.4 Å². The van der Waals surface area contributed by atoms with Crippen molar-refractivity contribution in [1.82, 2.24) is 9.62 Å². The minimum atomic E-state index is -3.42. The molecular weight excluding hydrogens is 441 g/mol. The normalized spacial score (nSPS) is 27.2. The number of sulfonamides is 1. The first-order valence-electron chi connectivity index (χ1n) is 10.4. The highest BCUT2D eigenvalue weighted by atomic mass is 32.2. The predicted molar refractivity (Wildman–Crippen MR) is 115 cm³/mol. The number of likely N-dealkylation sites (tertiary alicyclic amines) is 1. The van der Waals surface area contributed by atoms with Crippen LogP contribution in [0.4, 0.5) is 13.2 Å². The van der Waals surface area contributed by atoms with E-state index in [0.717, 1.165) is 18.4 Å². The van der Waals surface area contributed by atoms with Crippen molar-refractivity contribution in [3.63, 3.8) is 0 Å². The first-order valence-corrected chi connectivity index (χ1v) is 12.3. The Labute approximate surface area is 185 Å². The zero-order valence-electron chi connectivity index (χ0n) is 18.0. The van der Waals surface area contributed by atoms with Crippen LogP contribution in [0.2, 0.25) is 0 Å². The third-order valence-electron chi connectivity index (χ3n) is 6.43. The zero-order chi connectivity index (χ0) is 23.4. The lowest BCUT2D eigenvalue weighted by molar-refractivity contribution is -0.145. The standard InChI is InChI=1S/C23H25F3N2O3S/c1-13-7-8-16(15(9-13)21-18(24)5-4-6-19(21)25)23(26)10-17(23)22(29)28-12-14(2)20(28)11-27-32(3,30)31/h4-9,14,17,20,27H,10-12H2,1-3H3/t14-,17-,20-,23+/m1/s1. The van der Waals surface area contributed by atoms with Crippen LogP contribution in [0, 0.1) is 30.4 Å². The summed E-state index contributed by atoms with van der Waals surface area (Å²) in [5.41, 5.74) is -1.45. The van der Waals surface area contributed by atoms with Gasteiger partial charge in [-0.15, -0.1) is 0 Å². The Morgan fingerprint density at radius 1 is 1.22 bits per heavy atom. The lowest BCUT2D eigenvalue weighted by Gasteiger charge is -2.47. The van der Waals surface area contributed by atoms with Gasteiger partial charge in [-0.3, -0.25) is 4.79 Å². The quantitative estimate of drug-likeness (QED) is 0.709. The highest BCUT2D eigenvalue weighted by molar-refractivity contribution is 7.88. The van der Waals surface area contributed by atoms with E-state index in [0.29, 0.717) is 12.1 Å². The molecule has 0 unspecified atom stereocenters. The fraction of sp³-hybridized carbons (Fsp3) is 0.435. The van der Waals surface area contributed by atoms with Gasteiger partial charge in [0.15, 0.2) is 0 Å². The van der Waals surface area contributed by atoms with Crippen molar-refractivity contribution in [1.29, 1.82) is 0 Å². The van der Waals surface area contributed by atoms with Crippen molar-refractivity contribution >= 4 is 15.9 Å². The fourth-order valence-electron chi connectivity index (χ4n) is 4.54. The van der Waals surface area contributed by atoms with Gasteiger partial charge in [0.25, 0.3) is 0 Å². The smallest absolute Gasteiger partial charge is 0.229 e. The number of rotatable bonds is 6. The summed E-state index contributed by atoms with van der Waals surface area (Å²) >= 11 is 0. The van der Waals surface area contributed by atoms with Gasteiger partial charge in [-0.2, -0.15) is 0 Å². The molecule has 2 aromatic carbocycles. The Bertz CT molecular complexity index is 1170. The second kappa shape index (κ2) is 7.88. The van der Waals surface area contributed by atoms with E-state index in [9.17, 15) is 22.0 Å². The van der Waals surface area contributed by atoms with Crippen LogP contribution in [0.25, 0.3) is 11.1 Å². The van der Waals surface area contributed by atoms with Gasteiger partial charge < -0.3 is 4.90 Å². The molecule has 1 saturated carbocycles. The second-order valence-electron chi connectivity index (χ2n) is 8.92. The average molecular weight is 467 g/mol. The van der Waals surface area contributed by atoms with E-state index < -0.39 is 39.2 Å². The van der Waals surface area contributed by atoms with Crippen LogP contribution in [-0.2, 0) is 20.5 Å². The van der Waals surface area contributed by atoms with Gasteiger partial charge in [0.1, 0.15) is 17.3 Å². The lowest BCUT2D eigenvalue weighted by Crippen LogP contribution is -2.62. The average Bonchev–Trinajstić information content (AvgIpc) is 3.37. The molecule has 1 heterocycles. The number of amides is 1. The summed E-state index contributed by atoms with van der Waals surface area (Å²) in [5.74, 6) is -2.92. The molecule has 2 aromatic rings. The van der Waals surface area contributed by atoms with Gasteiger partial charge in [-0.1, -0.05) is 36.8 Å². The zero-order valence-corrected chi connectivity index (χ0v) is 18.8. The first kappa shape index (κ1) is 22.8. The molecule has 9 heteroatoms. The van der Waals surface area contributed by atoms with E-state index in [1.165, 1.54) is 23.1 Å². The number of aryl methyl sites for hydroxylation is 1. The molecule has 1 saturated heterocycles. The molecule has 2 fully saturated rings. The first-order chi connectivity index (χ1) is 14.9. The van der Waals surface area contributed by atoms with Crippen LogP contribution in [-0.4, -0.2) is 44.6 Å². The largest absolute Gasteiger partial charge is 0.337 e. The molecule has 0 bridgehead atoms. The summed E-state index contributed by atoms with van der Waals surface area (Å²) in [6.07, 6.45) is 0.950. The number of nitrogens with zero attached hydrogens (tertiary/aromatic N) is 1. The predicted octanol–water partition coefficient (Wildman–Crippen LogP) is 3.52. The number of halogens is 3. The number of carbonyl (C=O) groups is 1. The molecule has 1 aliphatic carbocycles. The topological polar surface area (TPSA) is 66.5 Å². The summed E-state index contributed by atoms with van der Waals surface area (Å²) in [4.78, 5) is 14.6. The number of hydrogen-bond acceptors (Lipinski definition) is 3. The van der Waals surface area contributed by atoms with Gasteiger partial charge in [-0.05, 0) is 36.1 Å². The molecule has 0 aromatic heterocycles. The van der Waals surface area contributed by atoms with E-state index in [-0.39, 0.29) is 41.6 Å². The summed E-state index contributed by atoms with van der Waals surface area (Å²) in [6, 6.07) is 7.80. The van der Waals surface area contributed by atoms with Crippen molar-refractivity contribution in [3.8, 4) is 11.1 Å². The molecule has 4 atom stereocenters. The van der Waals surface area contributed by atoms with Crippen molar-refractivity contribution in [2.24, 2.45) is 11.8 Å². The van der Waals surface area contributed by atoms with E-state index in [1.54, 1.807) is 13.0 Å². The Balaban J connectivity index is 1.61. The van der Waals surface area contributed by atoms with Crippen molar-refractivity contribution < 1.29 is 26.4 Å². The number of nitrogens with one attached hydrogen (secondary N) is 1. The monoisotopic (exact) mass is 466 g/mol. The molecule has 4 rings (SSSR count). The summed E-state index contributed by atoms with van der Waals surface area (Å²) in [6.45, 7) is 4.11. The van der Waals surface area contributed by atoms with Crippen LogP contribution >= 0.6 is 0 Å². The van der Waals surface area contributed by atoms with Gasteiger partial charge >= 0.3 is 0 Å². The Morgan fingerprint density at radius 2 is 1.88 bits per heavy atom. The van der Waals surface area contributed by atoms with Crippen LogP contribution < -0.4 is 4.72 Å². The molecule has 0 spiro atoms. The van der Waals surface area contributed by atoms with Gasteiger partial charge in [0.05, 0.1) is 17.7 Å². The molecule has 172 valence electrons. The highest BCUT2D eigenvalue weighted by Crippen LogP contribution is 2.59. The van der Waals surface area contributed by atoms with Crippen LogP contribution in [0.1, 0.15) is 24.5 Å². The summed E-state index contributed by atoms with van der Waals surface area (Å²) in [5, 5.41) is 0. The lowest BCUT2D eigenvalue weighted by atomic mass is 9.88. The van der Waals surface area contributed by atoms with Crippen molar-refractivity contribution in [2.45, 2.75) is 32.0 Å². The van der Waals surface area contributed by atoms with Crippen LogP contribution in [0.5, 0.6) is 0 Å². The van der Waals surface area contributed by atoms with E-state index >= 15 is 4.39 Å². The molecule has 1 aliphatic heterocycles. The number of carbonyl (C=O) groups excluding carboxylic acids is 1. The van der Waals surface area contributed by atoms with E-state index in [4.69, 9.17) is 0 Å². The molecule has 2 aliphatic rings. The van der Waals surface area contributed by atoms with Gasteiger partial charge in [0, 0.05) is 25.6 Å². The third kappa shape index (κ3) is 4.03. The maximum absolute atomic E-state index is 16.0. The minimum Gasteiger partial charge on any atom is -0.337 e. The molecular formula is C23H25F3N2O3S. The molecule has 0 radical (unpaired) electrons. The second-order valence-corrected chi connectivity index (χ2v) is 10.8. The fourth-order valence-corrected chi connectivity index (χ4v) is 5.01. The summed E-state index contributed by atoms with van der Waals surface area (Å²) in [7, 11) is -3.42. The number of hydrogen-bond donors (Lipinski definition) is 1. The van der Waals surface area contributed by atoms with Crippen molar-refractivity contribution in [3.05, 3.63) is 59.2 Å². The minimum absolute atomic E-state index is 0.0635. The third-order valence-corrected chi connectivity index (χ3v) is 7.12. The maximum atomic E-state index is 16.0. The Kier molecular flexibility index (Phi) is 5.61. The van der Waals surface area contributed by atoms with Crippen LogP contribution in [0.3, 0.4) is 0 Å². The number of benzene rings is 2. The van der Waals surface area contributed by atoms with Gasteiger partial charge in [-0.25, -0.2) is 26.3 Å². The molecule has 1 amide bonds. The van der Waals surface area contributed by atoms with E-state index in [2.05, 4.69) is 4.72 Å². The highest BCUT2D eigenvalue weighted by Gasteiger charge is 2.64. The Morgan fingerprint density at radius 3 is 2.47 bits per heavy atom. The molecule has 32 heavy (non-hydrogen) atoms. The van der Waals surface area contributed by atoms with Gasteiger partial charge in [0.2, 0.25) is 15.9 Å². The molecule has 5 nitrogen and oxygen atoms in total. The maximum Gasteiger partial charge on any atom is 0.229 e. The Hall–Kier alpha value is -2.39. The van der Waals surface area contributed by atoms with E-state index in [1.807, 2.05) is 6.92 Å². The SMILES string of the molecule is Cc1ccc([C@@]2(F)C[C@@H]2C(=O)N2C[C@@H](C)[C@H]2CNS(C)(=O)=O)c(-c2c(F)cccc2F)c1. The van der Waals surface area contributed by atoms with Crippen molar-refractivity contribution in [2.75, 3.05) is 19.3 Å².